The summed E-state index contributed by atoms with van der Waals surface area (Å²) in [7, 11) is 0. The van der Waals surface area contributed by atoms with Crippen LogP contribution in [0.2, 0.25) is 0 Å². The van der Waals surface area contributed by atoms with Crippen LogP contribution in [0.3, 0.4) is 0 Å². The van der Waals surface area contributed by atoms with Gasteiger partial charge in [-0.2, -0.15) is 0 Å². The Morgan fingerprint density at radius 3 is 2.83 bits per heavy atom. The maximum Gasteiger partial charge on any atom is 0.372 e. The Morgan fingerprint density at radius 2 is 2.22 bits per heavy atom. The molecule has 0 aliphatic carbocycles. The molecule has 1 aliphatic rings. The van der Waals surface area contributed by atoms with Crippen molar-refractivity contribution in [1.29, 1.82) is 0 Å². The summed E-state index contributed by atoms with van der Waals surface area (Å²) in [4.78, 5) is 13.3. The van der Waals surface area contributed by atoms with E-state index in [0.717, 1.165) is 24.6 Å². The van der Waals surface area contributed by atoms with Gasteiger partial charge in [0.25, 0.3) is 0 Å². The third-order valence-electron chi connectivity index (χ3n) is 3.74. The Labute approximate surface area is 108 Å². The van der Waals surface area contributed by atoms with Crippen LogP contribution in [0.5, 0.6) is 0 Å². The highest BCUT2D eigenvalue weighted by Gasteiger charge is 2.21. The van der Waals surface area contributed by atoms with Crippen LogP contribution in [0, 0.1) is 5.92 Å². The molecule has 0 unspecified atom stereocenters. The highest BCUT2D eigenvalue weighted by molar-refractivity contribution is 5.86. The molecule has 2 heterocycles. The summed E-state index contributed by atoms with van der Waals surface area (Å²) in [6, 6.07) is 1.77. The zero-order valence-electron chi connectivity index (χ0n) is 10.9. The van der Waals surface area contributed by atoms with E-state index < -0.39 is 5.97 Å². The predicted octanol–water partition coefficient (Wildman–Crippen LogP) is 2.99. The first-order valence-electron chi connectivity index (χ1n) is 6.72. The molecule has 100 valence electrons. The minimum atomic E-state index is -0.976. The number of furan rings is 1. The normalized spacial score (nSPS) is 18.1. The molecule has 0 atom stereocenters. The Hall–Kier alpha value is -1.29. The van der Waals surface area contributed by atoms with Gasteiger partial charge >= 0.3 is 5.97 Å². The summed E-state index contributed by atoms with van der Waals surface area (Å²) in [6.07, 6.45) is 6.50. The molecule has 4 nitrogen and oxygen atoms in total. The number of likely N-dealkylation sites (tertiary alicyclic amines) is 1. The Kier molecular flexibility index (Phi) is 4.42. The third kappa shape index (κ3) is 3.13. The average molecular weight is 251 g/mol. The first kappa shape index (κ1) is 13.1. The fourth-order valence-corrected chi connectivity index (χ4v) is 2.73. The number of carboxylic acid groups (broad SMARTS) is 1. The molecule has 1 aromatic heterocycles. The van der Waals surface area contributed by atoms with Crippen molar-refractivity contribution < 1.29 is 14.3 Å². The van der Waals surface area contributed by atoms with Crippen LogP contribution in [-0.4, -0.2) is 29.1 Å². The number of carbonyl (C=O) groups is 1. The van der Waals surface area contributed by atoms with Crippen molar-refractivity contribution in [3.05, 3.63) is 23.7 Å². The van der Waals surface area contributed by atoms with E-state index in [1.54, 1.807) is 6.07 Å². The molecule has 0 bridgehead atoms. The van der Waals surface area contributed by atoms with E-state index in [-0.39, 0.29) is 5.76 Å². The molecule has 0 aromatic carbocycles. The molecule has 1 saturated heterocycles. The van der Waals surface area contributed by atoms with Gasteiger partial charge in [-0.1, -0.05) is 19.8 Å². The average Bonchev–Trinajstić information content (AvgIpc) is 2.80. The highest BCUT2D eigenvalue weighted by atomic mass is 16.4. The number of hydrogen-bond acceptors (Lipinski definition) is 3. The summed E-state index contributed by atoms with van der Waals surface area (Å²) < 4.78 is 5.00. The summed E-state index contributed by atoms with van der Waals surface area (Å²) in [6.45, 7) is 5.05. The fourth-order valence-electron chi connectivity index (χ4n) is 2.73. The van der Waals surface area contributed by atoms with Crippen molar-refractivity contribution in [1.82, 2.24) is 4.90 Å². The van der Waals surface area contributed by atoms with E-state index in [4.69, 9.17) is 9.52 Å². The van der Waals surface area contributed by atoms with Gasteiger partial charge in [-0.15, -0.1) is 0 Å². The van der Waals surface area contributed by atoms with Crippen LogP contribution in [0.1, 0.15) is 48.7 Å². The lowest BCUT2D eigenvalue weighted by molar-refractivity contribution is 0.0658. The molecule has 0 spiro atoms. The molecule has 0 radical (unpaired) electrons. The third-order valence-corrected chi connectivity index (χ3v) is 3.74. The van der Waals surface area contributed by atoms with Crippen LogP contribution in [0.25, 0.3) is 0 Å². The first-order chi connectivity index (χ1) is 8.70. The monoisotopic (exact) mass is 251 g/mol. The lowest BCUT2D eigenvalue weighted by atomic mass is 9.92. The van der Waals surface area contributed by atoms with Gasteiger partial charge in [0.15, 0.2) is 0 Å². The second-order valence-corrected chi connectivity index (χ2v) is 5.09. The number of carboxylic acids is 1. The van der Waals surface area contributed by atoms with Crippen molar-refractivity contribution in [2.75, 3.05) is 13.1 Å². The van der Waals surface area contributed by atoms with Crippen molar-refractivity contribution in [3.8, 4) is 0 Å². The molecular formula is C14H21NO3. The lowest BCUT2D eigenvalue weighted by Crippen LogP contribution is -2.33. The van der Waals surface area contributed by atoms with Crippen molar-refractivity contribution in [2.45, 2.75) is 39.2 Å². The van der Waals surface area contributed by atoms with E-state index in [9.17, 15) is 4.79 Å². The van der Waals surface area contributed by atoms with E-state index in [2.05, 4.69) is 11.8 Å². The zero-order valence-corrected chi connectivity index (χ0v) is 10.9. The van der Waals surface area contributed by atoms with Crippen LogP contribution in [0.4, 0.5) is 0 Å². The van der Waals surface area contributed by atoms with Crippen molar-refractivity contribution >= 4 is 5.97 Å². The summed E-state index contributed by atoms with van der Waals surface area (Å²) in [5.41, 5.74) is 0.788. The summed E-state index contributed by atoms with van der Waals surface area (Å²) >= 11 is 0. The molecule has 18 heavy (non-hydrogen) atoms. The lowest BCUT2D eigenvalue weighted by Gasteiger charge is -2.31. The molecule has 2 rings (SSSR count). The summed E-state index contributed by atoms with van der Waals surface area (Å²) in [5, 5.41) is 8.98. The molecule has 0 saturated carbocycles. The van der Waals surface area contributed by atoms with Gasteiger partial charge in [0.1, 0.15) is 0 Å². The second kappa shape index (κ2) is 6.05. The largest absolute Gasteiger partial charge is 0.475 e. The number of piperidine rings is 1. The molecule has 1 aromatic rings. The standard InChI is InChI=1S/C14H21NO3/c1-2-3-11-4-7-15(8-5-11)10-12-6-9-18-13(12)14(16)17/h6,9,11H,2-5,7-8,10H2,1H3,(H,16,17). The topological polar surface area (TPSA) is 53.7 Å². The van der Waals surface area contributed by atoms with Gasteiger partial charge in [-0.25, -0.2) is 4.79 Å². The Bertz CT molecular complexity index is 391. The van der Waals surface area contributed by atoms with Crippen LogP contribution >= 0.6 is 0 Å². The zero-order chi connectivity index (χ0) is 13.0. The second-order valence-electron chi connectivity index (χ2n) is 5.09. The molecule has 0 amide bonds. The van der Waals surface area contributed by atoms with Crippen LogP contribution in [-0.2, 0) is 6.54 Å². The summed E-state index contributed by atoms with van der Waals surface area (Å²) in [5.74, 6) is -0.0314. The molecule has 1 aliphatic heterocycles. The van der Waals surface area contributed by atoms with E-state index in [1.807, 2.05) is 0 Å². The maximum atomic E-state index is 10.9. The minimum Gasteiger partial charge on any atom is -0.475 e. The molecular weight excluding hydrogens is 230 g/mol. The van der Waals surface area contributed by atoms with Gasteiger partial charge in [0.05, 0.1) is 6.26 Å². The number of aromatic carboxylic acids is 1. The van der Waals surface area contributed by atoms with Crippen molar-refractivity contribution in [3.63, 3.8) is 0 Å². The molecule has 1 fully saturated rings. The van der Waals surface area contributed by atoms with Gasteiger partial charge in [-0.05, 0) is 37.9 Å². The Balaban J connectivity index is 1.88. The van der Waals surface area contributed by atoms with Crippen LogP contribution < -0.4 is 0 Å². The van der Waals surface area contributed by atoms with E-state index >= 15 is 0 Å². The highest BCUT2D eigenvalue weighted by Crippen LogP contribution is 2.23. The smallest absolute Gasteiger partial charge is 0.372 e. The SMILES string of the molecule is CCCC1CCN(Cc2ccoc2C(=O)O)CC1. The quantitative estimate of drug-likeness (QED) is 0.874. The number of nitrogens with zero attached hydrogens (tertiary/aromatic N) is 1. The van der Waals surface area contributed by atoms with Crippen LogP contribution in [0.15, 0.2) is 16.7 Å². The van der Waals surface area contributed by atoms with Gasteiger partial charge in [-0.3, -0.25) is 4.90 Å². The van der Waals surface area contributed by atoms with Gasteiger partial charge < -0.3 is 9.52 Å². The first-order valence-corrected chi connectivity index (χ1v) is 6.72. The van der Waals surface area contributed by atoms with E-state index in [0.29, 0.717) is 6.54 Å². The number of rotatable bonds is 5. The van der Waals surface area contributed by atoms with E-state index in [1.165, 1.54) is 31.9 Å². The number of hydrogen-bond donors (Lipinski definition) is 1. The Morgan fingerprint density at radius 1 is 1.50 bits per heavy atom. The maximum absolute atomic E-state index is 10.9. The molecule has 4 heteroatoms. The minimum absolute atomic E-state index is 0.0886. The fraction of sp³-hybridized carbons (Fsp3) is 0.643. The van der Waals surface area contributed by atoms with Gasteiger partial charge in [0, 0.05) is 12.1 Å². The van der Waals surface area contributed by atoms with Gasteiger partial charge in [0.2, 0.25) is 5.76 Å². The molecule has 1 N–H and O–H groups in total. The predicted molar refractivity (Wildman–Crippen MR) is 68.6 cm³/mol. The van der Waals surface area contributed by atoms with Crippen molar-refractivity contribution in [2.24, 2.45) is 5.92 Å².